The van der Waals surface area contributed by atoms with Crippen LogP contribution in [0.2, 0.25) is 5.02 Å². The summed E-state index contributed by atoms with van der Waals surface area (Å²) in [4.78, 5) is 28.8. The predicted molar refractivity (Wildman–Crippen MR) is 131 cm³/mol. The number of amides is 2. The highest BCUT2D eigenvalue weighted by Crippen LogP contribution is 2.23. The van der Waals surface area contributed by atoms with E-state index in [-0.39, 0.29) is 17.9 Å². The Morgan fingerprint density at radius 3 is 2.42 bits per heavy atom. The third-order valence-corrected chi connectivity index (χ3v) is 7.33. The number of thioether (sulfide) groups is 1. The molecule has 1 atom stereocenters. The molecule has 0 aromatic heterocycles. The van der Waals surface area contributed by atoms with Crippen molar-refractivity contribution in [3.63, 3.8) is 0 Å². The van der Waals surface area contributed by atoms with Gasteiger partial charge < -0.3 is 10.2 Å². The number of carbonyl (C=O) groups excluding carboxylic acids is 2. The number of nitrogens with one attached hydrogen (secondary N) is 1. The molecule has 3 rings (SSSR count). The zero-order chi connectivity index (χ0) is 22.2. The van der Waals surface area contributed by atoms with Gasteiger partial charge in [-0.25, -0.2) is 0 Å². The van der Waals surface area contributed by atoms with Crippen molar-refractivity contribution >= 4 is 51.1 Å². The molecule has 1 fully saturated rings. The summed E-state index contributed by atoms with van der Waals surface area (Å²) in [7, 11) is 0. The number of nitrogens with zero attached hydrogens (tertiary/aromatic N) is 1. The van der Waals surface area contributed by atoms with Gasteiger partial charge in [0.2, 0.25) is 11.8 Å². The van der Waals surface area contributed by atoms with Gasteiger partial charge in [-0.3, -0.25) is 9.59 Å². The molecule has 0 aliphatic heterocycles. The fraction of sp³-hybridized carbons (Fsp3) is 0.417. The Morgan fingerprint density at radius 2 is 1.77 bits per heavy atom. The van der Waals surface area contributed by atoms with Crippen molar-refractivity contribution in [1.82, 2.24) is 10.2 Å². The van der Waals surface area contributed by atoms with Gasteiger partial charge in [0, 0.05) is 39.2 Å². The molecular weight excluding hydrogens is 496 g/mol. The number of hydrogen-bond donors (Lipinski definition) is 1. The number of halogens is 2. The third-order valence-electron chi connectivity index (χ3n) is 5.53. The highest BCUT2D eigenvalue weighted by atomic mass is 79.9. The quantitative estimate of drug-likeness (QED) is 0.406. The molecule has 0 spiro atoms. The molecular formula is C24H28BrClN2O2S. The molecule has 0 radical (unpaired) electrons. The number of benzene rings is 2. The molecule has 1 N–H and O–H groups in total. The van der Waals surface area contributed by atoms with Crippen molar-refractivity contribution in [1.29, 1.82) is 0 Å². The van der Waals surface area contributed by atoms with Crippen molar-refractivity contribution in [2.45, 2.75) is 62.6 Å². The molecule has 7 heteroatoms. The molecule has 0 bridgehead atoms. The topological polar surface area (TPSA) is 49.4 Å². The van der Waals surface area contributed by atoms with Crippen LogP contribution in [0.1, 0.15) is 44.6 Å². The van der Waals surface area contributed by atoms with Crippen LogP contribution in [0.5, 0.6) is 0 Å². The van der Waals surface area contributed by atoms with Crippen LogP contribution < -0.4 is 5.32 Å². The second-order valence-electron chi connectivity index (χ2n) is 7.87. The van der Waals surface area contributed by atoms with Gasteiger partial charge in [0.05, 0.1) is 0 Å². The molecule has 2 aromatic carbocycles. The Hall–Kier alpha value is -1.50. The second-order valence-corrected chi connectivity index (χ2v) is 10.4. The Labute approximate surface area is 202 Å². The lowest BCUT2D eigenvalue weighted by Gasteiger charge is -2.30. The van der Waals surface area contributed by atoms with Gasteiger partial charge in [-0.05, 0) is 61.7 Å². The molecule has 1 aliphatic rings. The number of hydrogen-bond acceptors (Lipinski definition) is 3. The fourth-order valence-electron chi connectivity index (χ4n) is 3.69. The van der Waals surface area contributed by atoms with Crippen molar-refractivity contribution in [2.24, 2.45) is 0 Å². The highest BCUT2D eigenvalue weighted by molar-refractivity contribution is 9.10. The van der Waals surface area contributed by atoms with Crippen LogP contribution in [0.4, 0.5) is 0 Å². The molecule has 0 unspecified atom stereocenters. The minimum Gasteiger partial charge on any atom is -0.352 e. The first-order valence-electron chi connectivity index (χ1n) is 10.6. The summed E-state index contributed by atoms with van der Waals surface area (Å²) in [6.07, 6.45) is 4.73. The minimum atomic E-state index is -0.516. The normalized spacial score (nSPS) is 14.9. The maximum atomic E-state index is 13.1. The molecule has 1 aliphatic carbocycles. The Bertz CT molecular complexity index is 870. The van der Waals surface area contributed by atoms with Crippen LogP contribution in [-0.4, -0.2) is 34.6 Å². The fourth-order valence-corrected chi connectivity index (χ4v) is 4.92. The molecule has 1 saturated carbocycles. The third kappa shape index (κ3) is 7.55. The van der Waals surface area contributed by atoms with Crippen LogP contribution >= 0.6 is 39.3 Å². The van der Waals surface area contributed by atoms with E-state index < -0.39 is 6.04 Å². The van der Waals surface area contributed by atoms with Crippen molar-refractivity contribution in [2.75, 3.05) is 5.75 Å². The van der Waals surface area contributed by atoms with E-state index in [0.29, 0.717) is 23.7 Å². The lowest BCUT2D eigenvalue weighted by molar-refractivity contribution is -0.140. The molecule has 4 nitrogen and oxygen atoms in total. The van der Waals surface area contributed by atoms with Gasteiger partial charge in [0.1, 0.15) is 6.04 Å². The summed E-state index contributed by atoms with van der Waals surface area (Å²) in [6.45, 7) is 2.24. The average molecular weight is 524 g/mol. The first-order chi connectivity index (χ1) is 14.9. The molecule has 31 heavy (non-hydrogen) atoms. The van der Waals surface area contributed by atoms with E-state index in [1.54, 1.807) is 16.7 Å². The van der Waals surface area contributed by atoms with E-state index in [9.17, 15) is 9.59 Å². The lowest BCUT2D eigenvalue weighted by atomic mass is 10.1. The maximum absolute atomic E-state index is 13.1. The maximum Gasteiger partial charge on any atom is 0.242 e. The zero-order valence-corrected chi connectivity index (χ0v) is 20.8. The highest BCUT2D eigenvalue weighted by Gasteiger charge is 2.28. The van der Waals surface area contributed by atoms with E-state index in [1.165, 1.54) is 0 Å². The van der Waals surface area contributed by atoms with Gasteiger partial charge in [-0.2, -0.15) is 0 Å². The van der Waals surface area contributed by atoms with Gasteiger partial charge in [0.15, 0.2) is 0 Å². The minimum absolute atomic E-state index is 0.0153. The van der Waals surface area contributed by atoms with E-state index in [1.807, 2.05) is 55.5 Å². The van der Waals surface area contributed by atoms with Crippen LogP contribution in [-0.2, 0) is 16.1 Å². The summed E-state index contributed by atoms with van der Waals surface area (Å²) in [5.74, 6) is 0.565. The number of carbonyl (C=O) groups is 2. The molecule has 0 saturated heterocycles. The van der Waals surface area contributed by atoms with Crippen LogP contribution in [0, 0.1) is 0 Å². The van der Waals surface area contributed by atoms with E-state index >= 15 is 0 Å². The van der Waals surface area contributed by atoms with Gasteiger partial charge in [0.25, 0.3) is 0 Å². The van der Waals surface area contributed by atoms with E-state index in [2.05, 4.69) is 21.2 Å². The summed E-state index contributed by atoms with van der Waals surface area (Å²) in [5.41, 5.74) is 1.00. The average Bonchev–Trinajstić information content (AvgIpc) is 3.27. The summed E-state index contributed by atoms with van der Waals surface area (Å²) >= 11 is 11.0. The monoisotopic (exact) mass is 522 g/mol. The van der Waals surface area contributed by atoms with Gasteiger partial charge in [-0.1, -0.05) is 52.5 Å². The molecule has 0 heterocycles. The first-order valence-corrected chi connectivity index (χ1v) is 12.8. The molecule has 2 amide bonds. The van der Waals surface area contributed by atoms with Crippen molar-refractivity contribution < 1.29 is 9.59 Å². The molecule has 2 aromatic rings. The van der Waals surface area contributed by atoms with Gasteiger partial charge in [-0.15, -0.1) is 11.8 Å². The summed E-state index contributed by atoms with van der Waals surface area (Å²) in [5, 5.41) is 3.84. The second kappa shape index (κ2) is 11.9. The van der Waals surface area contributed by atoms with Crippen LogP contribution in [0.15, 0.2) is 57.9 Å². The number of rotatable bonds is 9. The Kier molecular flexibility index (Phi) is 9.30. The van der Waals surface area contributed by atoms with Crippen LogP contribution in [0.25, 0.3) is 0 Å². The first kappa shape index (κ1) is 24.1. The Balaban J connectivity index is 1.64. The van der Waals surface area contributed by atoms with Crippen LogP contribution in [0.3, 0.4) is 0 Å². The van der Waals surface area contributed by atoms with E-state index in [4.69, 9.17) is 11.6 Å². The van der Waals surface area contributed by atoms with E-state index in [0.717, 1.165) is 40.6 Å². The standard InChI is InChI=1S/C24H28BrClN2O2S/c1-17(24(30)27-21-4-2-3-5-21)28(16-18-6-8-19(25)9-7-18)23(29)14-15-31-22-12-10-20(26)11-13-22/h6-13,17,21H,2-5,14-16H2,1H3,(H,27,30)/t17-/m1/s1. The zero-order valence-electron chi connectivity index (χ0n) is 17.7. The lowest BCUT2D eigenvalue weighted by Crippen LogP contribution is -2.49. The summed E-state index contributed by atoms with van der Waals surface area (Å²) in [6, 6.07) is 15.2. The summed E-state index contributed by atoms with van der Waals surface area (Å²) < 4.78 is 0.987. The SMILES string of the molecule is C[C@H](C(=O)NC1CCCC1)N(Cc1ccc(Br)cc1)C(=O)CCSc1ccc(Cl)cc1. The van der Waals surface area contributed by atoms with Crippen molar-refractivity contribution in [3.8, 4) is 0 Å². The molecule has 166 valence electrons. The Morgan fingerprint density at radius 1 is 1.13 bits per heavy atom. The van der Waals surface area contributed by atoms with Crippen molar-refractivity contribution in [3.05, 3.63) is 63.6 Å². The largest absolute Gasteiger partial charge is 0.352 e. The predicted octanol–water partition coefficient (Wildman–Crippen LogP) is 6.06. The van der Waals surface area contributed by atoms with Gasteiger partial charge >= 0.3 is 0 Å². The smallest absolute Gasteiger partial charge is 0.242 e.